The zero-order valence-corrected chi connectivity index (χ0v) is 61.3. The van der Waals surface area contributed by atoms with E-state index in [1.54, 1.807) is 70.5 Å². The number of rotatable bonds is 10. The standard InChI is InChI=1S/10C5H9N5O.ClH/c10*1-8-4-2(6)3(7)9-5(11)10-4;/h10*6H2,1H3,(H4,7,8,9,10,11);1H. The van der Waals surface area contributed by atoms with E-state index < -0.39 is 56.9 Å². The molecule has 111 heavy (non-hydrogen) atoms. The van der Waals surface area contributed by atoms with Crippen molar-refractivity contribution in [1.82, 2.24) is 99.7 Å². The first kappa shape index (κ1) is 94.1. The summed E-state index contributed by atoms with van der Waals surface area (Å²) in [7, 11) is 16.1. The highest BCUT2D eigenvalue weighted by atomic mass is 35.5. The van der Waals surface area contributed by atoms with E-state index in [4.69, 9.17) is 115 Å². The van der Waals surface area contributed by atoms with Crippen LogP contribution in [0.25, 0.3) is 0 Å². The van der Waals surface area contributed by atoms with E-state index in [-0.39, 0.29) is 127 Å². The predicted octanol–water partition coefficient (Wildman–Crippen LogP) is -9.82. The topological polar surface area (TPSA) is 1100 Å². The molecule has 10 rings (SSSR count). The van der Waals surface area contributed by atoms with E-state index in [9.17, 15) is 47.9 Å². The van der Waals surface area contributed by atoms with Crippen molar-refractivity contribution in [3.05, 3.63) is 105 Å². The molecule has 608 valence electrons. The molecule has 10 heterocycles. The molecule has 60 N–H and O–H groups in total. The molecule has 10 aromatic heterocycles. The Labute approximate surface area is 626 Å². The van der Waals surface area contributed by atoms with E-state index in [1.807, 2.05) is 0 Å². The van der Waals surface area contributed by atoms with Gasteiger partial charge in [0.05, 0.1) is 0 Å². The largest absolute Gasteiger partial charge is 0.393 e. The number of anilines is 30. The van der Waals surface area contributed by atoms with Gasteiger partial charge in [0, 0.05) is 70.5 Å². The number of hydrogen-bond acceptors (Lipinski definition) is 50. The van der Waals surface area contributed by atoms with Gasteiger partial charge < -0.3 is 168 Å². The fourth-order valence-corrected chi connectivity index (χ4v) is 6.90. The first-order valence-corrected chi connectivity index (χ1v) is 29.8. The maximum Gasteiger partial charge on any atom is 0.348 e. The minimum atomic E-state index is -0.513. The summed E-state index contributed by atoms with van der Waals surface area (Å²) in [6.45, 7) is 0. The SMILES string of the molecule is CNc1nc(=O)[nH]c(N)c1N.CNc1nc(=O)[nH]c(N)c1N.CNc1nc(=O)[nH]c(N)c1N.CNc1nc(=O)[nH]c(N)c1N.CNc1nc(=O)[nH]c(N)c1N.CNc1nc(=O)[nH]c(N)c1N.CNc1nc(=O)[nH]c(N)c1N.CNc1nc(=O)[nH]c(N)c1N.CNc1nc(=O)[nH]c(N)c1N.CNc1nc(=O)[nH]c(N)c1N.Cl. The van der Waals surface area contributed by atoms with Gasteiger partial charge in [-0.15, -0.1) is 12.4 Å². The molecule has 0 unspecified atom stereocenters. The van der Waals surface area contributed by atoms with Gasteiger partial charge in [-0.2, -0.15) is 49.8 Å². The average Bonchev–Trinajstić information content (AvgIpc) is 0.959. The molecule has 0 amide bonds. The van der Waals surface area contributed by atoms with E-state index in [0.29, 0.717) is 58.2 Å². The Kier molecular flexibility index (Phi) is 37.8. The fourth-order valence-electron chi connectivity index (χ4n) is 6.90. The summed E-state index contributed by atoms with van der Waals surface area (Å²) in [6.07, 6.45) is 0. The number of nitrogens with zero attached hydrogens (tertiary/aromatic N) is 10. The van der Waals surface area contributed by atoms with Crippen molar-refractivity contribution in [3.8, 4) is 0 Å². The molecule has 0 saturated heterocycles. The van der Waals surface area contributed by atoms with E-state index in [1.165, 1.54) is 0 Å². The monoisotopic (exact) mass is 1590 g/mol. The van der Waals surface area contributed by atoms with Crippen LogP contribution in [0.15, 0.2) is 47.9 Å². The number of nitrogens with two attached hydrogens (primary N) is 20. The summed E-state index contributed by atoms with van der Waals surface area (Å²) in [4.78, 5) is 165. The predicted molar refractivity (Wildman–Crippen MR) is 440 cm³/mol. The molecule has 60 nitrogen and oxygen atoms in total. The van der Waals surface area contributed by atoms with Crippen LogP contribution in [0.3, 0.4) is 0 Å². The molecular formula is C50H91ClN50O10. The average molecular weight is 1590 g/mol. The zero-order chi connectivity index (χ0) is 84.3. The first-order valence-electron chi connectivity index (χ1n) is 29.8. The molecule has 61 heteroatoms. The summed E-state index contributed by atoms with van der Waals surface area (Å²) in [5.74, 6) is 4.31. The molecule has 0 aromatic carbocycles. The second-order valence-corrected chi connectivity index (χ2v) is 19.7. The van der Waals surface area contributed by atoms with Crippen molar-refractivity contribution in [3.63, 3.8) is 0 Å². The van der Waals surface area contributed by atoms with Crippen molar-refractivity contribution in [2.24, 2.45) is 0 Å². The molecule has 0 aliphatic carbocycles. The number of hydrogen-bond donors (Lipinski definition) is 40. The first-order chi connectivity index (χ1) is 51.5. The summed E-state index contributed by atoms with van der Waals surface area (Å²) < 4.78 is 0. The normalized spacial score (nSPS) is 9.46. The van der Waals surface area contributed by atoms with Crippen LogP contribution in [0.2, 0.25) is 0 Å². The lowest BCUT2D eigenvalue weighted by atomic mass is 10.4. The van der Waals surface area contributed by atoms with Gasteiger partial charge in [0.15, 0.2) is 58.2 Å². The van der Waals surface area contributed by atoms with Gasteiger partial charge in [-0.05, 0) is 0 Å². The Morgan fingerprint density at radius 3 is 0.279 bits per heavy atom. The second kappa shape index (κ2) is 44.6. The van der Waals surface area contributed by atoms with Gasteiger partial charge in [-0.25, -0.2) is 47.9 Å². The summed E-state index contributed by atoms with van der Waals surface area (Å²) in [5.41, 5.74) is 105. The molecule has 0 aliphatic heterocycles. The Morgan fingerprint density at radius 1 is 0.162 bits per heavy atom. The summed E-state index contributed by atoms with van der Waals surface area (Å²) in [6, 6.07) is 0. The molecule has 0 bridgehead atoms. The third-order valence-electron chi connectivity index (χ3n) is 12.4. The van der Waals surface area contributed by atoms with Gasteiger partial charge in [0.1, 0.15) is 115 Å². The van der Waals surface area contributed by atoms with Crippen molar-refractivity contribution in [2.45, 2.75) is 0 Å². The second-order valence-electron chi connectivity index (χ2n) is 19.7. The smallest absolute Gasteiger partial charge is 0.348 e. The third-order valence-corrected chi connectivity index (χ3v) is 12.4. The van der Waals surface area contributed by atoms with Crippen LogP contribution < -0.4 is 225 Å². The molecule has 0 spiro atoms. The fraction of sp³-hybridized carbons (Fsp3) is 0.200. The van der Waals surface area contributed by atoms with Crippen molar-refractivity contribution < 1.29 is 0 Å². The lowest BCUT2D eigenvalue weighted by Crippen LogP contribution is -2.17. The molecular weight excluding hydrogens is 1500 g/mol. The number of halogens is 1. The zero-order valence-electron chi connectivity index (χ0n) is 60.5. The van der Waals surface area contributed by atoms with Crippen molar-refractivity contribution in [2.75, 3.05) is 238 Å². The molecule has 0 fully saturated rings. The van der Waals surface area contributed by atoms with Crippen molar-refractivity contribution >= 4 is 186 Å². The van der Waals surface area contributed by atoms with Crippen LogP contribution in [-0.2, 0) is 0 Å². The highest BCUT2D eigenvalue weighted by Crippen LogP contribution is 2.22. The van der Waals surface area contributed by atoms with E-state index in [2.05, 4.69) is 153 Å². The Bertz CT molecular complexity index is 4270. The lowest BCUT2D eigenvalue weighted by Gasteiger charge is -2.03. The van der Waals surface area contributed by atoms with E-state index in [0.717, 1.165) is 0 Å². The Balaban J connectivity index is 0.00000121. The van der Waals surface area contributed by atoms with Gasteiger partial charge in [-0.3, -0.25) is 49.8 Å². The number of nitrogen functional groups attached to an aromatic ring is 20. The Morgan fingerprint density at radius 2 is 0.225 bits per heavy atom. The van der Waals surface area contributed by atoms with Crippen LogP contribution in [0.1, 0.15) is 0 Å². The third kappa shape index (κ3) is 29.0. The lowest BCUT2D eigenvalue weighted by molar-refractivity contribution is 1.09. The number of aromatic nitrogens is 20. The van der Waals surface area contributed by atoms with E-state index >= 15 is 0 Å². The Hall–Kier alpha value is -16.9. The van der Waals surface area contributed by atoms with Crippen LogP contribution in [-0.4, -0.2) is 170 Å². The van der Waals surface area contributed by atoms with Crippen LogP contribution >= 0.6 is 12.4 Å². The van der Waals surface area contributed by atoms with Crippen LogP contribution in [0.5, 0.6) is 0 Å². The maximum absolute atomic E-state index is 10.7. The van der Waals surface area contributed by atoms with Gasteiger partial charge >= 0.3 is 56.9 Å². The molecule has 0 aliphatic rings. The molecule has 0 saturated carbocycles. The number of aromatic amines is 10. The van der Waals surface area contributed by atoms with Crippen LogP contribution in [0.4, 0.5) is 173 Å². The minimum absolute atomic E-state index is 0. The van der Waals surface area contributed by atoms with Gasteiger partial charge in [0.2, 0.25) is 0 Å². The molecule has 0 atom stereocenters. The quantitative estimate of drug-likeness (QED) is 0.0604. The van der Waals surface area contributed by atoms with Crippen LogP contribution in [0, 0.1) is 0 Å². The highest BCUT2D eigenvalue weighted by Gasteiger charge is 2.11. The highest BCUT2D eigenvalue weighted by molar-refractivity contribution is 5.85. The maximum atomic E-state index is 10.7. The van der Waals surface area contributed by atoms with Gasteiger partial charge in [-0.1, -0.05) is 0 Å². The number of nitrogens with one attached hydrogen (secondary N) is 20. The summed E-state index contributed by atoms with van der Waals surface area (Å²) >= 11 is 0. The van der Waals surface area contributed by atoms with Gasteiger partial charge in [0.25, 0.3) is 0 Å². The molecule has 0 radical (unpaired) electrons. The molecule has 10 aromatic rings. The van der Waals surface area contributed by atoms with Crippen molar-refractivity contribution in [1.29, 1.82) is 0 Å². The summed E-state index contributed by atoms with van der Waals surface area (Å²) in [5, 5.41) is 26.4. The minimum Gasteiger partial charge on any atom is -0.393 e. The number of H-pyrrole nitrogens is 10.